The van der Waals surface area contributed by atoms with Crippen LogP contribution in [0.2, 0.25) is 0 Å². The third-order valence-corrected chi connectivity index (χ3v) is 4.77. The molecule has 0 aromatic heterocycles. The van der Waals surface area contributed by atoms with E-state index >= 15 is 0 Å². The van der Waals surface area contributed by atoms with Gasteiger partial charge in [0.15, 0.2) is 0 Å². The van der Waals surface area contributed by atoms with E-state index < -0.39 is 9.05 Å². The van der Waals surface area contributed by atoms with Gasteiger partial charge in [0.05, 0.1) is 13.5 Å². The Hall–Kier alpha value is -1.27. The molecule has 1 N–H and O–H groups in total. The second kappa shape index (κ2) is 6.66. The molecule has 0 atom stereocenters. The van der Waals surface area contributed by atoms with Crippen LogP contribution < -0.4 is 10.1 Å². The molecule has 116 valence electrons. The first-order chi connectivity index (χ1) is 9.90. The highest BCUT2D eigenvalue weighted by Crippen LogP contribution is 2.31. The summed E-state index contributed by atoms with van der Waals surface area (Å²) in [4.78, 5) is 11.7. The first-order valence-electron chi connectivity index (χ1n) is 6.78. The van der Waals surface area contributed by atoms with E-state index in [0.717, 1.165) is 12.3 Å². The number of hydrogen-bond donors (Lipinski definition) is 1. The molecular weight excluding hydrogens is 314 g/mol. The fourth-order valence-corrected chi connectivity index (χ4v) is 3.14. The minimum absolute atomic E-state index is 0.116. The van der Waals surface area contributed by atoms with E-state index in [9.17, 15) is 13.2 Å². The third kappa shape index (κ3) is 4.89. The van der Waals surface area contributed by atoms with Gasteiger partial charge in [0.2, 0.25) is 5.91 Å². The predicted molar refractivity (Wildman–Crippen MR) is 80.1 cm³/mol. The highest BCUT2D eigenvalue weighted by molar-refractivity contribution is 8.13. The van der Waals surface area contributed by atoms with Crippen molar-refractivity contribution in [1.29, 1.82) is 0 Å². The SMILES string of the molecule is COc1ccc(CC(=O)NCCC2CC2)cc1S(=O)(=O)Cl. The number of carbonyl (C=O) groups is 1. The smallest absolute Gasteiger partial charge is 0.264 e. The molecule has 2 rings (SSSR count). The van der Waals surface area contributed by atoms with Crippen molar-refractivity contribution in [1.82, 2.24) is 5.32 Å². The van der Waals surface area contributed by atoms with Crippen molar-refractivity contribution in [3.8, 4) is 5.75 Å². The second-order valence-corrected chi connectivity index (χ2v) is 7.72. The number of nitrogens with one attached hydrogen (secondary N) is 1. The van der Waals surface area contributed by atoms with Gasteiger partial charge in [-0.15, -0.1) is 0 Å². The van der Waals surface area contributed by atoms with Crippen LogP contribution in [0.3, 0.4) is 0 Å². The quantitative estimate of drug-likeness (QED) is 0.776. The maximum absolute atomic E-state index is 11.8. The summed E-state index contributed by atoms with van der Waals surface area (Å²) in [5, 5.41) is 2.84. The number of ether oxygens (including phenoxy) is 1. The Kier molecular flexibility index (Phi) is 5.11. The summed E-state index contributed by atoms with van der Waals surface area (Å²) >= 11 is 0. The molecule has 0 radical (unpaired) electrons. The molecular formula is C14H18ClNO4S. The molecule has 1 aliphatic rings. The zero-order valence-electron chi connectivity index (χ0n) is 11.8. The molecule has 0 unspecified atom stereocenters. The minimum atomic E-state index is -3.91. The minimum Gasteiger partial charge on any atom is -0.495 e. The van der Waals surface area contributed by atoms with Gasteiger partial charge in [0.1, 0.15) is 10.6 Å². The van der Waals surface area contributed by atoms with Crippen LogP contribution in [0, 0.1) is 5.92 Å². The van der Waals surface area contributed by atoms with Gasteiger partial charge in [0.25, 0.3) is 9.05 Å². The number of carbonyl (C=O) groups excluding carboxylic acids is 1. The molecule has 1 aliphatic carbocycles. The molecule has 0 bridgehead atoms. The predicted octanol–water partition coefficient (Wildman–Crippen LogP) is 2.08. The largest absolute Gasteiger partial charge is 0.495 e. The Labute approximate surface area is 129 Å². The average Bonchev–Trinajstić information content (AvgIpc) is 3.22. The lowest BCUT2D eigenvalue weighted by atomic mass is 10.1. The molecule has 21 heavy (non-hydrogen) atoms. The Morgan fingerprint density at radius 2 is 2.14 bits per heavy atom. The topological polar surface area (TPSA) is 72.5 Å². The van der Waals surface area contributed by atoms with Crippen LogP contribution in [0.15, 0.2) is 23.1 Å². The van der Waals surface area contributed by atoms with Crippen molar-refractivity contribution in [2.45, 2.75) is 30.6 Å². The molecule has 0 spiro atoms. The van der Waals surface area contributed by atoms with Crippen molar-refractivity contribution in [3.05, 3.63) is 23.8 Å². The van der Waals surface area contributed by atoms with E-state index in [4.69, 9.17) is 15.4 Å². The van der Waals surface area contributed by atoms with E-state index in [0.29, 0.717) is 12.1 Å². The number of benzene rings is 1. The van der Waals surface area contributed by atoms with Gasteiger partial charge >= 0.3 is 0 Å². The van der Waals surface area contributed by atoms with E-state index in [-0.39, 0.29) is 23.0 Å². The normalized spacial score (nSPS) is 14.8. The van der Waals surface area contributed by atoms with Gasteiger partial charge in [-0.3, -0.25) is 4.79 Å². The van der Waals surface area contributed by atoms with Gasteiger partial charge in [-0.25, -0.2) is 8.42 Å². The number of amides is 1. The molecule has 1 saturated carbocycles. The van der Waals surface area contributed by atoms with Gasteiger partial charge in [-0.05, 0) is 30.0 Å². The van der Waals surface area contributed by atoms with E-state index in [1.165, 1.54) is 32.1 Å². The summed E-state index contributed by atoms with van der Waals surface area (Å²) < 4.78 is 27.9. The number of halogens is 1. The van der Waals surface area contributed by atoms with Crippen LogP contribution in [-0.2, 0) is 20.3 Å². The zero-order valence-corrected chi connectivity index (χ0v) is 13.3. The van der Waals surface area contributed by atoms with Crippen molar-refractivity contribution < 1.29 is 17.9 Å². The molecule has 1 fully saturated rings. The number of methoxy groups -OCH3 is 1. The van der Waals surface area contributed by atoms with Crippen molar-refractivity contribution in [3.63, 3.8) is 0 Å². The average molecular weight is 332 g/mol. The van der Waals surface area contributed by atoms with Crippen LogP contribution in [0.4, 0.5) is 0 Å². The molecule has 0 heterocycles. The summed E-state index contributed by atoms with van der Waals surface area (Å²) in [6, 6.07) is 4.54. The van der Waals surface area contributed by atoms with E-state index in [1.54, 1.807) is 6.07 Å². The number of rotatable bonds is 7. The molecule has 7 heteroatoms. The summed E-state index contributed by atoms with van der Waals surface area (Å²) in [5.74, 6) is 0.806. The Balaban J connectivity index is 2.00. The fraction of sp³-hybridized carbons (Fsp3) is 0.500. The zero-order chi connectivity index (χ0) is 15.5. The van der Waals surface area contributed by atoms with Crippen LogP contribution >= 0.6 is 10.7 Å². The Morgan fingerprint density at radius 1 is 1.43 bits per heavy atom. The maximum atomic E-state index is 11.8. The van der Waals surface area contributed by atoms with Gasteiger partial charge < -0.3 is 10.1 Å². The molecule has 1 aromatic rings. The molecule has 1 amide bonds. The van der Waals surface area contributed by atoms with Crippen molar-refractivity contribution >= 4 is 25.6 Å². The third-order valence-electron chi connectivity index (χ3n) is 3.43. The highest BCUT2D eigenvalue weighted by Gasteiger charge is 2.21. The molecule has 5 nitrogen and oxygen atoms in total. The second-order valence-electron chi connectivity index (χ2n) is 5.18. The first-order valence-corrected chi connectivity index (χ1v) is 9.09. The van der Waals surface area contributed by atoms with Crippen LogP contribution in [0.25, 0.3) is 0 Å². The molecule has 1 aromatic carbocycles. The standard InChI is InChI=1S/C14H18ClNO4S/c1-20-12-5-4-11(8-13(12)21(15,18)19)9-14(17)16-7-6-10-2-3-10/h4-5,8,10H,2-3,6-7,9H2,1H3,(H,16,17). The maximum Gasteiger partial charge on any atom is 0.264 e. The molecule has 0 saturated heterocycles. The van der Waals surface area contributed by atoms with Crippen molar-refractivity contribution in [2.75, 3.05) is 13.7 Å². The van der Waals surface area contributed by atoms with Gasteiger partial charge in [0, 0.05) is 17.2 Å². The summed E-state index contributed by atoms with van der Waals surface area (Å²) in [6.07, 6.45) is 3.64. The van der Waals surface area contributed by atoms with E-state index in [2.05, 4.69) is 5.32 Å². The first kappa shape index (κ1) is 16.1. The van der Waals surface area contributed by atoms with Crippen molar-refractivity contribution in [2.24, 2.45) is 5.92 Å². The summed E-state index contributed by atoms with van der Waals surface area (Å²) in [6.45, 7) is 0.667. The van der Waals surface area contributed by atoms with E-state index in [1.807, 2.05) is 0 Å². The lowest BCUT2D eigenvalue weighted by Crippen LogP contribution is -2.26. The fourth-order valence-electron chi connectivity index (χ4n) is 2.09. The monoisotopic (exact) mass is 331 g/mol. The van der Waals surface area contributed by atoms with Gasteiger partial charge in [-0.2, -0.15) is 0 Å². The van der Waals surface area contributed by atoms with Crippen LogP contribution in [0.1, 0.15) is 24.8 Å². The summed E-state index contributed by atoms with van der Waals surface area (Å²) in [7, 11) is 2.83. The highest BCUT2D eigenvalue weighted by atomic mass is 35.7. The Bertz CT molecular complexity index is 626. The lowest BCUT2D eigenvalue weighted by Gasteiger charge is -2.09. The number of hydrogen-bond acceptors (Lipinski definition) is 4. The molecule has 0 aliphatic heterocycles. The Morgan fingerprint density at radius 3 is 2.71 bits per heavy atom. The lowest BCUT2D eigenvalue weighted by molar-refractivity contribution is -0.120. The summed E-state index contributed by atoms with van der Waals surface area (Å²) in [5.41, 5.74) is 0.582. The van der Waals surface area contributed by atoms with Crippen LogP contribution in [-0.4, -0.2) is 28.0 Å². The van der Waals surface area contributed by atoms with Crippen LogP contribution in [0.5, 0.6) is 5.75 Å². The van der Waals surface area contributed by atoms with Gasteiger partial charge in [-0.1, -0.05) is 18.9 Å².